The van der Waals surface area contributed by atoms with Gasteiger partial charge >= 0.3 is 0 Å². The van der Waals surface area contributed by atoms with Crippen LogP contribution in [0.5, 0.6) is 0 Å². The molecule has 0 unspecified atom stereocenters. The van der Waals surface area contributed by atoms with E-state index in [0.29, 0.717) is 11.8 Å². The average Bonchev–Trinajstić information content (AvgIpc) is 2.68. The van der Waals surface area contributed by atoms with Crippen LogP contribution in [-0.2, 0) is 4.79 Å². The van der Waals surface area contributed by atoms with Gasteiger partial charge in [0, 0.05) is 19.5 Å². The summed E-state index contributed by atoms with van der Waals surface area (Å²) in [6.07, 6.45) is 3.30. The van der Waals surface area contributed by atoms with Gasteiger partial charge in [0.25, 0.3) is 0 Å². The second kappa shape index (κ2) is 3.04. The van der Waals surface area contributed by atoms with E-state index in [4.69, 9.17) is 0 Å². The van der Waals surface area contributed by atoms with Crippen molar-refractivity contribution in [3.63, 3.8) is 0 Å². The quantitative estimate of drug-likeness (QED) is 0.579. The molecule has 10 heavy (non-hydrogen) atoms. The second-order valence-electron chi connectivity index (χ2n) is 3.03. The van der Waals surface area contributed by atoms with E-state index < -0.39 is 0 Å². The maximum Gasteiger partial charge on any atom is 0.225 e. The zero-order chi connectivity index (χ0) is 7.56. The first-order valence-electron chi connectivity index (χ1n) is 4.00. The van der Waals surface area contributed by atoms with E-state index in [1.807, 2.05) is 11.9 Å². The Kier molecular flexibility index (Phi) is 2.30. The summed E-state index contributed by atoms with van der Waals surface area (Å²) in [6, 6.07) is 0. The molecule has 0 bridgehead atoms. The Morgan fingerprint density at radius 2 is 2.20 bits per heavy atom. The maximum absolute atomic E-state index is 11.2. The highest BCUT2D eigenvalue weighted by molar-refractivity contribution is 5.80. The Labute approximate surface area is 62.2 Å². The molecule has 58 valence electrons. The first-order valence-corrected chi connectivity index (χ1v) is 4.00. The summed E-state index contributed by atoms with van der Waals surface area (Å²) in [7, 11) is 1.89. The van der Waals surface area contributed by atoms with Crippen molar-refractivity contribution in [1.29, 1.82) is 0 Å². The molecule has 2 heteroatoms. The third kappa shape index (κ3) is 1.72. The van der Waals surface area contributed by atoms with Gasteiger partial charge in [-0.1, -0.05) is 6.92 Å². The van der Waals surface area contributed by atoms with Crippen molar-refractivity contribution < 1.29 is 4.79 Å². The molecule has 1 fully saturated rings. The third-order valence-electron chi connectivity index (χ3n) is 1.86. The molecule has 2 nitrogen and oxygen atoms in total. The van der Waals surface area contributed by atoms with E-state index in [1.54, 1.807) is 0 Å². The molecule has 1 rings (SSSR count). The third-order valence-corrected chi connectivity index (χ3v) is 1.86. The van der Waals surface area contributed by atoms with Gasteiger partial charge in [0.05, 0.1) is 0 Å². The fourth-order valence-electron chi connectivity index (χ4n) is 1.09. The molecular formula is C8H15NO. The Hall–Kier alpha value is -0.530. The standard InChI is InChI=1S/C8H15NO/c1-3-6-9(2)8(10)7-4-5-7/h7H,3-6H2,1-2H3. The largest absolute Gasteiger partial charge is 0.346 e. The summed E-state index contributed by atoms with van der Waals surface area (Å²) in [5, 5.41) is 0. The van der Waals surface area contributed by atoms with Gasteiger partial charge < -0.3 is 4.90 Å². The normalized spacial score (nSPS) is 17.0. The Bertz CT molecular complexity index is 129. The van der Waals surface area contributed by atoms with Crippen molar-refractivity contribution in [2.45, 2.75) is 26.2 Å². The van der Waals surface area contributed by atoms with Gasteiger partial charge in [-0.2, -0.15) is 0 Å². The molecule has 0 aromatic heterocycles. The predicted octanol–water partition coefficient (Wildman–Crippen LogP) is 1.26. The zero-order valence-electron chi connectivity index (χ0n) is 6.76. The Morgan fingerprint density at radius 3 is 2.60 bits per heavy atom. The van der Waals surface area contributed by atoms with Gasteiger partial charge in [-0.3, -0.25) is 4.79 Å². The van der Waals surface area contributed by atoms with Crippen LogP contribution in [0.4, 0.5) is 0 Å². The number of amides is 1. The number of nitrogens with zero attached hydrogens (tertiary/aromatic N) is 1. The van der Waals surface area contributed by atoms with Gasteiger partial charge in [0.1, 0.15) is 0 Å². The Morgan fingerprint density at radius 1 is 1.60 bits per heavy atom. The molecule has 1 amide bonds. The number of hydrogen-bond donors (Lipinski definition) is 0. The van der Waals surface area contributed by atoms with Crippen molar-refractivity contribution in [3.8, 4) is 0 Å². The summed E-state index contributed by atoms with van der Waals surface area (Å²) in [4.78, 5) is 13.1. The molecule has 0 atom stereocenters. The molecular weight excluding hydrogens is 126 g/mol. The van der Waals surface area contributed by atoms with Crippen molar-refractivity contribution >= 4 is 5.91 Å². The van der Waals surface area contributed by atoms with Crippen LogP contribution >= 0.6 is 0 Å². The van der Waals surface area contributed by atoms with E-state index in [1.165, 1.54) is 0 Å². The summed E-state index contributed by atoms with van der Waals surface area (Å²) < 4.78 is 0. The van der Waals surface area contributed by atoms with E-state index >= 15 is 0 Å². The minimum absolute atomic E-state index is 0.349. The van der Waals surface area contributed by atoms with E-state index in [9.17, 15) is 4.79 Å². The van der Waals surface area contributed by atoms with Gasteiger partial charge in [-0.15, -0.1) is 0 Å². The van der Waals surface area contributed by atoms with Crippen molar-refractivity contribution in [2.24, 2.45) is 5.92 Å². The highest BCUT2D eigenvalue weighted by Gasteiger charge is 2.31. The van der Waals surface area contributed by atoms with Gasteiger partial charge in [0.15, 0.2) is 0 Å². The molecule has 1 aliphatic carbocycles. The zero-order valence-corrected chi connectivity index (χ0v) is 6.76. The molecule has 0 radical (unpaired) electrons. The molecule has 0 aromatic rings. The topological polar surface area (TPSA) is 20.3 Å². The molecule has 0 aromatic carbocycles. The maximum atomic E-state index is 11.2. The average molecular weight is 141 g/mol. The monoisotopic (exact) mass is 141 g/mol. The molecule has 1 aliphatic rings. The predicted molar refractivity (Wildman–Crippen MR) is 40.7 cm³/mol. The van der Waals surface area contributed by atoms with E-state index in [0.717, 1.165) is 25.8 Å². The molecule has 0 aliphatic heterocycles. The van der Waals surface area contributed by atoms with Crippen molar-refractivity contribution in [3.05, 3.63) is 0 Å². The molecule has 0 spiro atoms. The van der Waals surface area contributed by atoms with Crippen molar-refractivity contribution in [1.82, 2.24) is 4.90 Å². The molecule has 0 heterocycles. The SMILES string of the molecule is CCCN(C)C(=O)C1CC1. The second-order valence-corrected chi connectivity index (χ2v) is 3.03. The molecule has 1 saturated carbocycles. The number of hydrogen-bond acceptors (Lipinski definition) is 1. The summed E-state index contributed by atoms with van der Waals surface area (Å²) in [5.41, 5.74) is 0. The minimum atomic E-state index is 0.349. The van der Waals surface area contributed by atoms with Crippen molar-refractivity contribution in [2.75, 3.05) is 13.6 Å². The molecule has 0 N–H and O–H groups in total. The van der Waals surface area contributed by atoms with E-state index in [2.05, 4.69) is 6.92 Å². The first-order chi connectivity index (χ1) is 4.75. The molecule has 0 saturated heterocycles. The lowest BCUT2D eigenvalue weighted by Crippen LogP contribution is -2.28. The van der Waals surface area contributed by atoms with Crippen LogP contribution in [0.3, 0.4) is 0 Å². The van der Waals surface area contributed by atoms with Crippen LogP contribution in [0.1, 0.15) is 26.2 Å². The first kappa shape index (κ1) is 7.58. The lowest BCUT2D eigenvalue weighted by molar-refractivity contribution is -0.131. The number of carbonyl (C=O) groups excluding carboxylic acids is 1. The fraction of sp³-hybridized carbons (Fsp3) is 0.875. The number of rotatable bonds is 3. The minimum Gasteiger partial charge on any atom is -0.346 e. The lowest BCUT2D eigenvalue weighted by Gasteiger charge is -2.14. The summed E-state index contributed by atoms with van der Waals surface area (Å²) in [6.45, 7) is 3.01. The summed E-state index contributed by atoms with van der Waals surface area (Å²) >= 11 is 0. The van der Waals surface area contributed by atoms with Crippen LogP contribution in [0.2, 0.25) is 0 Å². The Balaban J connectivity index is 2.24. The van der Waals surface area contributed by atoms with Gasteiger partial charge in [-0.25, -0.2) is 0 Å². The van der Waals surface area contributed by atoms with Gasteiger partial charge in [-0.05, 0) is 19.3 Å². The summed E-state index contributed by atoms with van der Waals surface area (Å²) in [5.74, 6) is 0.735. The van der Waals surface area contributed by atoms with Crippen LogP contribution in [0, 0.1) is 5.92 Å². The number of carbonyl (C=O) groups is 1. The smallest absolute Gasteiger partial charge is 0.225 e. The highest BCUT2D eigenvalue weighted by Crippen LogP contribution is 2.30. The van der Waals surface area contributed by atoms with Crippen LogP contribution in [0.15, 0.2) is 0 Å². The highest BCUT2D eigenvalue weighted by atomic mass is 16.2. The van der Waals surface area contributed by atoms with Crippen LogP contribution < -0.4 is 0 Å². The van der Waals surface area contributed by atoms with E-state index in [-0.39, 0.29) is 0 Å². The van der Waals surface area contributed by atoms with Crippen LogP contribution in [0.25, 0.3) is 0 Å². The van der Waals surface area contributed by atoms with Crippen LogP contribution in [-0.4, -0.2) is 24.4 Å². The van der Waals surface area contributed by atoms with Gasteiger partial charge in [0.2, 0.25) is 5.91 Å². The fourth-order valence-corrected chi connectivity index (χ4v) is 1.09. The lowest BCUT2D eigenvalue weighted by atomic mass is 10.3.